The molecule has 3 N–H and O–H groups in total. The van der Waals surface area contributed by atoms with Crippen molar-refractivity contribution in [1.82, 2.24) is 15.3 Å². The third kappa shape index (κ3) is 2.94. The molecule has 2 heterocycles. The Balaban J connectivity index is 1.86. The maximum absolute atomic E-state index is 11.8. The van der Waals surface area contributed by atoms with E-state index < -0.39 is 0 Å². The van der Waals surface area contributed by atoms with Gasteiger partial charge < -0.3 is 11.1 Å². The summed E-state index contributed by atoms with van der Waals surface area (Å²) in [4.78, 5) is 20.0. The first kappa shape index (κ1) is 14.2. The predicted octanol–water partition coefficient (Wildman–Crippen LogP) is 1.79. The molecule has 0 atom stereocenters. The Bertz CT molecular complexity index is 799. The molecule has 1 radical (unpaired) electrons. The number of carbonyl (C=O) groups excluding carboxylic acids is 1. The number of nitrogens with zero attached hydrogens (tertiary/aromatic N) is 2. The number of fused-ring (bicyclic) bond motifs is 1. The quantitative estimate of drug-likeness (QED) is 0.768. The van der Waals surface area contributed by atoms with Gasteiger partial charge in [0.1, 0.15) is 5.69 Å². The van der Waals surface area contributed by atoms with Gasteiger partial charge in [-0.05, 0) is 29.1 Å². The van der Waals surface area contributed by atoms with Crippen molar-refractivity contribution < 1.29 is 4.79 Å². The second-order valence-electron chi connectivity index (χ2n) is 4.83. The van der Waals surface area contributed by atoms with Crippen molar-refractivity contribution in [2.24, 2.45) is 5.73 Å². The standard InChI is InChI=1S/C17H15N4O/c18-6-8-20-17(22)16-4-3-15(11-21-16)12-1-2-14-10-19-7-5-13(14)9-12/h1-3,5,7,9-11H,6,8,18H2,(H,20,22). The number of carbonyl (C=O) groups is 1. The van der Waals surface area contributed by atoms with E-state index in [1.807, 2.05) is 24.4 Å². The van der Waals surface area contributed by atoms with E-state index in [4.69, 9.17) is 5.73 Å². The Morgan fingerprint density at radius 3 is 2.86 bits per heavy atom. The summed E-state index contributed by atoms with van der Waals surface area (Å²) in [6.45, 7) is 0.824. The molecule has 0 fully saturated rings. The van der Waals surface area contributed by atoms with E-state index in [-0.39, 0.29) is 11.6 Å². The number of nitrogens with one attached hydrogen (secondary N) is 1. The van der Waals surface area contributed by atoms with Crippen LogP contribution in [0, 0.1) is 6.07 Å². The molecule has 5 nitrogen and oxygen atoms in total. The molecular weight excluding hydrogens is 276 g/mol. The van der Waals surface area contributed by atoms with E-state index >= 15 is 0 Å². The molecule has 3 rings (SSSR count). The van der Waals surface area contributed by atoms with Gasteiger partial charge in [0.2, 0.25) is 0 Å². The van der Waals surface area contributed by atoms with Crippen LogP contribution in [0.2, 0.25) is 0 Å². The summed E-state index contributed by atoms with van der Waals surface area (Å²) < 4.78 is 0. The fourth-order valence-corrected chi connectivity index (χ4v) is 2.17. The maximum atomic E-state index is 11.8. The second-order valence-corrected chi connectivity index (χ2v) is 4.83. The van der Waals surface area contributed by atoms with Gasteiger partial charge in [-0.2, -0.15) is 0 Å². The molecule has 0 saturated heterocycles. The maximum Gasteiger partial charge on any atom is 0.270 e. The van der Waals surface area contributed by atoms with Crippen molar-refractivity contribution in [3.63, 3.8) is 0 Å². The zero-order valence-corrected chi connectivity index (χ0v) is 11.9. The fraction of sp³-hybridized carbons (Fsp3) is 0.118. The molecule has 0 unspecified atom stereocenters. The normalized spacial score (nSPS) is 10.6. The van der Waals surface area contributed by atoms with Crippen molar-refractivity contribution in [1.29, 1.82) is 0 Å². The van der Waals surface area contributed by atoms with Crippen LogP contribution in [0.25, 0.3) is 21.9 Å². The van der Waals surface area contributed by atoms with Gasteiger partial charge in [-0.1, -0.05) is 12.1 Å². The largest absolute Gasteiger partial charge is 0.349 e. The van der Waals surface area contributed by atoms with Crippen LogP contribution in [0.15, 0.2) is 48.9 Å². The average Bonchev–Trinajstić information content (AvgIpc) is 2.59. The van der Waals surface area contributed by atoms with Gasteiger partial charge in [-0.25, -0.2) is 4.98 Å². The molecule has 2 aromatic heterocycles. The lowest BCUT2D eigenvalue weighted by Crippen LogP contribution is -2.29. The number of aromatic nitrogens is 2. The summed E-state index contributed by atoms with van der Waals surface area (Å²) in [5.74, 6) is -0.262. The Morgan fingerprint density at radius 1 is 1.18 bits per heavy atom. The number of hydrogen-bond donors (Lipinski definition) is 2. The van der Waals surface area contributed by atoms with Crippen molar-refractivity contribution in [2.45, 2.75) is 0 Å². The molecule has 0 saturated carbocycles. The minimum Gasteiger partial charge on any atom is -0.349 e. The van der Waals surface area contributed by atoms with Crippen LogP contribution < -0.4 is 11.1 Å². The lowest BCUT2D eigenvalue weighted by atomic mass is 10.0. The third-order valence-corrected chi connectivity index (χ3v) is 3.32. The lowest BCUT2D eigenvalue weighted by molar-refractivity contribution is 0.0949. The van der Waals surface area contributed by atoms with Crippen molar-refractivity contribution in [3.05, 3.63) is 60.7 Å². The molecule has 0 aliphatic carbocycles. The topological polar surface area (TPSA) is 80.9 Å². The van der Waals surface area contributed by atoms with Crippen LogP contribution in [0.3, 0.4) is 0 Å². The number of amides is 1. The molecule has 0 aliphatic rings. The molecule has 22 heavy (non-hydrogen) atoms. The summed E-state index contributed by atoms with van der Waals surface area (Å²) in [5, 5.41) is 4.86. The van der Waals surface area contributed by atoms with E-state index in [1.54, 1.807) is 18.5 Å². The molecule has 0 spiro atoms. The highest BCUT2D eigenvalue weighted by Crippen LogP contribution is 2.23. The zero-order chi connectivity index (χ0) is 15.4. The van der Waals surface area contributed by atoms with Gasteiger partial charge in [-0.3, -0.25) is 9.78 Å². The van der Waals surface area contributed by atoms with E-state index in [2.05, 4.69) is 27.4 Å². The van der Waals surface area contributed by atoms with Crippen LogP contribution in [-0.2, 0) is 0 Å². The highest BCUT2D eigenvalue weighted by atomic mass is 16.1. The molecule has 3 aromatic rings. The number of rotatable bonds is 4. The molecular formula is C17H15N4O. The average molecular weight is 291 g/mol. The summed E-state index contributed by atoms with van der Waals surface area (Å²) >= 11 is 0. The lowest BCUT2D eigenvalue weighted by Gasteiger charge is -2.05. The van der Waals surface area contributed by atoms with Crippen LogP contribution in [0.4, 0.5) is 0 Å². The summed E-state index contributed by atoms with van der Waals surface area (Å²) in [5.41, 5.74) is 7.55. The van der Waals surface area contributed by atoms with Crippen LogP contribution in [0.5, 0.6) is 0 Å². The Kier molecular flexibility index (Phi) is 4.07. The second kappa shape index (κ2) is 6.32. The molecule has 5 heteroatoms. The minimum absolute atomic E-state index is 0.262. The predicted molar refractivity (Wildman–Crippen MR) is 85.2 cm³/mol. The van der Waals surface area contributed by atoms with Crippen molar-refractivity contribution in [3.8, 4) is 11.1 Å². The Morgan fingerprint density at radius 2 is 2.09 bits per heavy atom. The van der Waals surface area contributed by atoms with Crippen LogP contribution in [-0.4, -0.2) is 29.0 Å². The first-order chi connectivity index (χ1) is 10.8. The van der Waals surface area contributed by atoms with Gasteiger partial charge in [0.15, 0.2) is 0 Å². The number of pyridine rings is 2. The van der Waals surface area contributed by atoms with Gasteiger partial charge in [0.25, 0.3) is 5.91 Å². The van der Waals surface area contributed by atoms with Crippen molar-refractivity contribution in [2.75, 3.05) is 13.1 Å². The first-order valence-corrected chi connectivity index (χ1v) is 6.98. The third-order valence-electron chi connectivity index (χ3n) is 3.32. The van der Waals surface area contributed by atoms with E-state index in [0.29, 0.717) is 13.1 Å². The van der Waals surface area contributed by atoms with E-state index in [9.17, 15) is 4.79 Å². The van der Waals surface area contributed by atoms with Crippen LogP contribution in [0.1, 0.15) is 10.5 Å². The highest BCUT2D eigenvalue weighted by Gasteiger charge is 2.07. The number of nitrogens with two attached hydrogens (primary N) is 1. The Labute approximate surface area is 128 Å². The molecule has 1 amide bonds. The van der Waals surface area contributed by atoms with Gasteiger partial charge in [0.05, 0.1) is 0 Å². The summed E-state index contributed by atoms with van der Waals surface area (Å²) in [6, 6.07) is 12.7. The molecule has 1 aromatic carbocycles. The molecule has 109 valence electrons. The first-order valence-electron chi connectivity index (χ1n) is 6.98. The summed E-state index contributed by atoms with van der Waals surface area (Å²) in [7, 11) is 0. The van der Waals surface area contributed by atoms with Gasteiger partial charge >= 0.3 is 0 Å². The number of hydrogen-bond acceptors (Lipinski definition) is 4. The smallest absolute Gasteiger partial charge is 0.270 e. The zero-order valence-electron chi connectivity index (χ0n) is 11.9. The molecule has 0 aliphatic heterocycles. The van der Waals surface area contributed by atoms with Crippen molar-refractivity contribution >= 4 is 16.7 Å². The van der Waals surface area contributed by atoms with Crippen LogP contribution >= 0.6 is 0 Å². The Hall–Kier alpha value is -2.79. The van der Waals surface area contributed by atoms with E-state index in [0.717, 1.165) is 21.9 Å². The molecule has 0 bridgehead atoms. The number of benzene rings is 1. The minimum atomic E-state index is -0.262. The fourth-order valence-electron chi connectivity index (χ4n) is 2.17. The SMILES string of the molecule is NCCNC(=O)c1[c]cc(-c2ccc3cnccc3c2)cn1. The van der Waals surface area contributed by atoms with Gasteiger partial charge in [0, 0.05) is 48.7 Å². The van der Waals surface area contributed by atoms with Gasteiger partial charge in [-0.15, -0.1) is 0 Å². The summed E-state index contributed by atoms with van der Waals surface area (Å²) in [6.07, 6.45) is 5.27. The highest BCUT2D eigenvalue weighted by molar-refractivity contribution is 5.92. The monoisotopic (exact) mass is 291 g/mol. The van der Waals surface area contributed by atoms with E-state index in [1.165, 1.54) is 0 Å².